The van der Waals surface area contributed by atoms with Crippen molar-refractivity contribution < 1.29 is 14.6 Å². The number of para-hydroxylation sites is 2. The maximum Gasteiger partial charge on any atom is 0.238 e. The van der Waals surface area contributed by atoms with E-state index in [0.29, 0.717) is 18.0 Å². The van der Waals surface area contributed by atoms with Gasteiger partial charge in [-0.05, 0) is 32.9 Å². The number of nitrogens with zero attached hydrogens (tertiary/aromatic N) is 1. The number of carbonyl (C=O) groups is 1. The van der Waals surface area contributed by atoms with Gasteiger partial charge < -0.3 is 15.2 Å². The summed E-state index contributed by atoms with van der Waals surface area (Å²) >= 11 is 0. The lowest BCUT2D eigenvalue weighted by Crippen LogP contribution is -2.41. The van der Waals surface area contributed by atoms with Gasteiger partial charge in [-0.2, -0.15) is 0 Å². The van der Waals surface area contributed by atoms with Gasteiger partial charge in [-0.3, -0.25) is 9.69 Å². The van der Waals surface area contributed by atoms with Crippen molar-refractivity contribution in [3.05, 3.63) is 24.3 Å². The van der Waals surface area contributed by atoms with E-state index in [4.69, 9.17) is 4.74 Å². The smallest absolute Gasteiger partial charge is 0.238 e. The van der Waals surface area contributed by atoms with Crippen LogP contribution in [0.2, 0.25) is 0 Å². The predicted molar refractivity (Wildman–Crippen MR) is 80.0 cm³/mol. The number of anilines is 1. The van der Waals surface area contributed by atoms with Crippen LogP contribution in [0.4, 0.5) is 5.69 Å². The third kappa shape index (κ3) is 5.19. The van der Waals surface area contributed by atoms with Crippen LogP contribution in [0.1, 0.15) is 20.8 Å². The zero-order valence-corrected chi connectivity index (χ0v) is 12.6. The van der Waals surface area contributed by atoms with E-state index in [1.54, 1.807) is 26.2 Å². The van der Waals surface area contributed by atoms with Gasteiger partial charge in [-0.25, -0.2) is 0 Å². The number of nitrogens with one attached hydrogen (secondary N) is 1. The highest BCUT2D eigenvalue weighted by atomic mass is 16.5. The summed E-state index contributed by atoms with van der Waals surface area (Å²) in [5.41, 5.74) is 0.653. The number of amides is 1. The fraction of sp³-hybridized carbons (Fsp3) is 0.533. The number of rotatable bonds is 7. The van der Waals surface area contributed by atoms with Crippen LogP contribution >= 0.6 is 0 Å². The average Bonchev–Trinajstić information content (AvgIpc) is 2.37. The second-order valence-corrected chi connectivity index (χ2v) is 5.12. The standard InChI is InChI=1S/C15H24N2O3/c1-11(2)17(9-12(3)18)10-15(19)16-13-7-5-6-8-14(13)20-4/h5-8,11-12,18H,9-10H2,1-4H3,(H,16,19). The molecule has 5 nitrogen and oxygen atoms in total. The molecule has 1 atom stereocenters. The van der Waals surface area contributed by atoms with Crippen molar-refractivity contribution in [3.63, 3.8) is 0 Å². The van der Waals surface area contributed by atoms with Crippen molar-refractivity contribution >= 4 is 11.6 Å². The highest BCUT2D eigenvalue weighted by Gasteiger charge is 2.16. The van der Waals surface area contributed by atoms with Gasteiger partial charge in [0.25, 0.3) is 0 Å². The molecule has 1 aromatic rings. The van der Waals surface area contributed by atoms with E-state index >= 15 is 0 Å². The molecule has 1 unspecified atom stereocenters. The second-order valence-electron chi connectivity index (χ2n) is 5.12. The molecule has 0 bridgehead atoms. The Hall–Kier alpha value is -1.59. The third-order valence-corrected chi connectivity index (χ3v) is 2.96. The van der Waals surface area contributed by atoms with E-state index in [2.05, 4.69) is 5.32 Å². The molecule has 0 saturated heterocycles. The van der Waals surface area contributed by atoms with E-state index < -0.39 is 6.10 Å². The molecule has 1 aromatic carbocycles. The molecule has 0 radical (unpaired) electrons. The molecule has 0 spiro atoms. The Morgan fingerprint density at radius 2 is 2.00 bits per heavy atom. The molecular formula is C15H24N2O3. The van der Waals surface area contributed by atoms with Gasteiger partial charge in [0.15, 0.2) is 0 Å². The van der Waals surface area contributed by atoms with Crippen LogP contribution in [0.25, 0.3) is 0 Å². The molecule has 1 rings (SSSR count). The minimum atomic E-state index is -0.462. The number of methoxy groups -OCH3 is 1. The SMILES string of the molecule is COc1ccccc1NC(=O)CN(CC(C)O)C(C)C. The van der Waals surface area contributed by atoms with Crippen molar-refractivity contribution in [1.29, 1.82) is 0 Å². The molecule has 20 heavy (non-hydrogen) atoms. The zero-order valence-electron chi connectivity index (χ0n) is 12.6. The molecule has 0 aliphatic carbocycles. The summed E-state index contributed by atoms with van der Waals surface area (Å²) < 4.78 is 5.19. The third-order valence-electron chi connectivity index (χ3n) is 2.96. The second kappa shape index (κ2) is 7.87. The van der Waals surface area contributed by atoms with E-state index in [-0.39, 0.29) is 18.5 Å². The summed E-state index contributed by atoms with van der Waals surface area (Å²) in [5, 5.41) is 12.3. The summed E-state index contributed by atoms with van der Waals surface area (Å²) in [6, 6.07) is 7.47. The van der Waals surface area contributed by atoms with E-state index in [9.17, 15) is 9.90 Å². The van der Waals surface area contributed by atoms with Crippen LogP contribution in [-0.2, 0) is 4.79 Å². The zero-order chi connectivity index (χ0) is 15.1. The van der Waals surface area contributed by atoms with Crippen LogP contribution in [-0.4, -0.2) is 48.3 Å². The maximum absolute atomic E-state index is 12.1. The van der Waals surface area contributed by atoms with Crippen LogP contribution in [0.15, 0.2) is 24.3 Å². The number of hydrogen-bond acceptors (Lipinski definition) is 4. The Morgan fingerprint density at radius 1 is 1.35 bits per heavy atom. The Morgan fingerprint density at radius 3 is 2.55 bits per heavy atom. The molecule has 5 heteroatoms. The lowest BCUT2D eigenvalue weighted by Gasteiger charge is -2.27. The summed E-state index contributed by atoms with van der Waals surface area (Å²) in [7, 11) is 1.57. The minimum absolute atomic E-state index is 0.121. The Kier molecular flexibility index (Phi) is 6.48. The highest BCUT2D eigenvalue weighted by Crippen LogP contribution is 2.22. The van der Waals surface area contributed by atoms with Gasteiger partial charge in [0.1, 0.15) is 5.75 Å². The first-order valence-corrected chi connectivity index (χ1v) is 6.79. The summed E-state index contributed by atoms with van der Waals surface area (Å²) in [6.07, 6.45) is -0.462. The fourth-order valence-corrected chi connectivity index (χ4v) is 1.92. The van der Waals surface area contributed by atoms with E-state index in [1.165, 1.54) is 0 Å². The molecule has 0 aromatic heterocycles. The lowest BCUT2D eigenvalue weighted by molar-refractivity contribution is -0.118. The molecule has 0 aliphatic heterocycles. The minimum Gasteiger partial charge on any atom is -0.495 e. The van der Waals surface area contributed by atoms with E-state index in [0.717, 1.165) is 0 Å². The van der Waals surface area contributed by atoms with Crippen molar-refractivity contribution in [3.8, 4) is 5.75 Å². The number of benzene rings is 1. The van der Waals surface area contributed by atoms with Gasteiger partial charge >= 0.3 is 0 Å². The molecule has 2 N–H and O–H groups in total. The first-order valence-electron chi connectivity index (χ1n) is 6.79. The fourth-order valence-electron chi connectivity index (χ4n) is 1.92. The number of hydrogen-bond donors (Lipinski definition) is 2. The van der Waals surface area contributed by atoms with Gasteiger partial charge in [-0.1, -0.05) is 12.1 Å². The molecule has 0 saturated carbocycles. The molecule has 0 aliphatic rings. The van der Waals surface area contributed by atoms with Gasteiger partial charge in [0, 0.05) is 12.6 Å². The summed E-state index contributed by atoms with van der Waals surface area (Å²) in [4.78, 5) is 14.0. The van der Waals surface area contributed by atoms with Crippen molar-refractivity contribution in [2.24, 2.45) is 0 Å². The van der Waals surface area contributed by atoms with Crippen molar-refractivity contribution in [2.45, 2.75) is 32.9 Å². The first kappa shape index (κ1) is 16.5. The molecule has 112 valence electrons. The lowest BCUT2D eigenvalue weighted by atomic mass is 10.2. The molecular weight excluding hydrogens is 256 g/mol. The Bertz CT molecular complexity index is 433. The number of ether oxygens (including phenoxy) is 1. The largest absolute Gasteiger partial charge is 0.495 e. The van der Waals surface area contributed by atoms with Crippen LogP contribution in [0.5, 0.6) is 5.75 Å². The number of carbonyl (C=O) groups excluding carboxylic acids is 1. The first-order chi connectivity index (χ1) is 9.43. The van der Waals surface area contributed by atoms with Gasteiger partial charge in [0.2, 0.25) is 5.91 Å². The van der Waals surface area contributed by atoms with E-state index in [1.807, 2.05) is 30.9 Å². The summed E-state index contributed by atoms with van der Waals surface area (Å²) in [5.74, 6) is 0.510. The molecule has 0 fully saturated rings. The summed E-state index contributed by atoms with van der Waals surface area (Å²) in [6.45, 7) is 6.42. The molecule has 0 heterocycles. The van der Waals surface area contributed by atoms with Crippen LogP contribution < -0.4 is 10.1 Å². The predicted octanol–water partition coefficient (Wildman–Crippen LogP) is 1.72. The maximum atomic E-state index is 12.1. The van der Waals surface area contributed by atoms with Crippen LogP contribution in [0.3, 0.4) is 0 Å². The Labute approximate surface area is 120 Å². The van der Waals surface area contributed by atoms with Gasteiger partial charge in [0.05, 0.1) is 25.4 Å². The molecule has 1 amide bonds. The normalized spacial score (nSPS) is 12.6. The quantitative estimate of drug-likeness (QED) is 0.798. The highest BCUT2D eigenvalue weighted by molar-refractivity contribution is 5.93. The average molecular weight is 280 g/mol. The Balaban J connectivity index is 2.65. The van der Waals surface area contributed by atoms with Crippen molar-refractivity contribution in [1.82, 2.24) is 4.90 Å². The van der Waals surface area contributed by atoms with Crippen molar-refractivity contribution in [2.75, 3.05) is 25.5 Å². The van der Waals surface area contributed by atoms with Crippen LogP contribution in [0, 0.1) is 0 Å². The monoisotopic (exact) mass is 280 g/mol. The number of aliphatic hydroxyl groups excluding tert-OH is 1. The number of aliphatic hydroxyl groups is 1. The van der Waals surface area contributed by atoms with Gasteiger partial charge in [-0.15, -0.1) is 0 Å². The topological polar surface area (TPSA) is 61.8 Å².